The Kier molecular flexibility index (Phi) is 5.57. The highest BCUT2D eigenvalue weighted by atomic mass is 19.3. The van der Waals surface area contributed by atoms with Crippen LogP contribution in [0, 0.1) is 11.8 Å². The maximum Gasteiger partial charge on any atom is 0.387 e. The van der Waals surface area contributed by atoms with Crippen LogP contribution in [-0.2, 0) is 4.79 Å². The summed E-state index contributed by atoms with van der Waals surface area (Å²) in [4.78, 5) is 14.9. The van der Waals surface area contributed by atoms with Gasteiger partial charge in [0.2, 0.25) is 5.91 Å². The van der Waals surface area contributed by atoms with Crippen molar-refractivity contribution in [1.29, 1.82) is 0 Å². The Labute approximate surface area is 162 Å². The van der Waals surface area contributed by atoms with Gasteiger partial charge in [-0.15, -0.1) is 0 Å². The van der Waals surface area contributed by atoms with Crippen LogP contribution >= 0.6 is 0 Å². The van der Waals surface area contributed by atoms with E-state index in [2.05, 4.69) is 25.2 Å². The molecule has 150 valence electrons. The third kappa shape index (κ3) is 4.49. The molecule has 2 heterocycles. The van der Waals surface area contributed by atoms with Crippen LogP contribution in [0.25, 0.3) is 11.3 Å². The molecule has 0 spiro atoms. The van der Waals surface area contributed by atoms with Gasteiger partial charge in [0.15, 0.2) is 5.82 Å². The van der Waals surface area contributed by atoms with Gasteiger partial charge in [0.1, 0.15) is 5.75 Å². The Balaban J connectivity index is 1.35. The molecule has 6 nitrogen and oxygen atoms in total. The lowest BCUT2D eigenvalue weighted by molar-refractivity contribution is -0.117. The number of likely N-dealkylation sites (tertiary alicyclic amines) is 1. The molecule has 2 aliphatic rings. The number of ether oxygens (including phenoxy) is 1. The number of alkyl halides is 2. The molecule has 2 N–H and O–H groups in total. The van der Waals surface area contributed by atoms with Crippen molar-refractivity contribution >= 4 is 11.7 Å². The standard InChI is InChI=1S/C20H24F2N4O2/c21-20(22)28-17-7-3-2-6-14(17)16-11-18(25-24-16)23-19(27)15-10-13(15)12-26-8-4-1-5-9-26/h2-3,6-7,11,13,15,20H,1,4-5,8-10,12H2,(H2,23,24,25,27)/t13-,15+/m0/s1. The van der Waals surface area contributed by atoms with E-state index in [1.165, 1.54) is 25.3 Å². The van der Waals surface area contributed by atoms with E-state index < -0.39 is 6.61 Å². The Morgan fingerprint density at radius 1 is 1.29 bits per heavy atom. The van der Waals surface area contributed by atoms with Crippen molar-refractivity contribution in [3.63, 3.8) is 0 Å². The summed E-state index contributed by atoms with van der Waals surface area (Å²) in [5, 5.41) is 9.71. The Bertz CT molecular complexity index is 820. The SMILES string of the molecule is O=C(Nc1cc(-c2ccccc2OC(F)F)[nH]n1)[C@@H]1C[C@H]1CN1CCCCC1. The number of amides is 1. The molecule has 0 bridgehead atoms. The average molecular weight is 390 g/mol. The van der Waals surface area contributed by atoms with Gasteiger partial charge >= 0.3 is 6.61 Å². The largest absolute Gasteiger partial charge is 0.434 e. The van der Waals surface area contributed by atoms with Crippen molar-refractivity contribution in [2.45, 2.75) is 32.3 Å². The molecule has 2 atom stereocenters. The molecule has 4 rings (SSSR count). The van der Waals surface area contributed by atoms with Crippen molar-refractivity contribution in [3.05, 3.63) is 30.3 Å². The van der Waals surface area contributed by atoms with E-state index in [0.717, 1.165) is 26.1 Å². The van der Waals surface area contributed by atoms with Crippen LogP contribution in [0.2, 0.25) is 0 Å². The second kappa shape index (κ2) is 8.26. The summed E-state index contributed by atoms with van der Waals surface area (Å²) in [6.07, 6.45) is 4.70. The molecule has 1 saturated carbocycles. The lowest BCUT2D eigenvalue weighted by atomic mass is 10.1. The number of halogens is 2. The first-order valence-electron chi connectivity index (χ1n) is 9.73. The molecule has 1 aromatic carbocycles. The lowest BCUT2D eigenvalue weighted by Crippen LogP contribution is -2.32. The van der Waals surface area contributed by atoms with Crippen molar-refractivity contribution in [1.82, 2.24) is 15.1 Å². The predicted octanol–water partition coefficient (Wildman–Crippen LogP) is 3.74. The third-order valence-corrected chi connectivity index (χ3v) is 5.42. The summed E-state index contributed by atoms with van der Waals surface area (Å²) in [5.74, 6) is 0.851. The second-order valence-electron chi connectivity index (χ2n) is 7.49. The number of carbonyl (C=O) groups excluding carboxylic acids is 1. The van der Waals surface area contributed by atoms with Gasteiger partial charge in [-0.05, 0) is 50.4 Å². The second-order valence-corrected chi connectivity index (χ2v) is 7.49. The van der Waals surface area contributed by atoms with Crippen LogP contribution < -0.4 is 10.1 Å². The summed E-state index contributed by atoms with van der Waals surface area (Å²) in [7, 11) is 0. The molecule has 1 aliphatic carbocycles. The van der Waals surface area contributed by atoms with Gasteiger partial charge in [-0.1, -0.05) is 18.6 Å². The van der Waals surface area contributed by atoms with Crippen LogP contribution in [0.1, 0.15) is 25.7 Å². The molecule has 2 fully saturated rings. The van der Waals surface area contributed by atoms with Gasteiger partial charge in [0.25, 0.3) is 0 Å². The van der Waals surface area contributed by atoms with Gasteiger partial charge in [0, 0.05) is 24.1 Å². The topological polar surface area (TPSA) is 70.2 Å². The molecule has 1 aromatic heterocycles. The number of aromatic nitrogens is 2. The summed E-state index contributed by atoms with van der Waals surface area (Å²) in [6.45, 7) is 0.346. The maximum atomic E-state index is 12.6. The van der Waals surface area contributed by atoms with Gasteiger partial charge < -0.3 is 15.0 Å². The molecule has 8 heteroatoms. The number of carbonyl (C=O) groups is 1. The van der Waals surface area contributed by atoms with Crippen LogP contribution in [0.15, 0.2) is 30.3 Å². The molecule has 1 saturated heterocycles. The summed E-state index contributed by atoms with van der Waals surface area (Å²) < 4.78 is 29.7. The molecule has 28 heavy (non-hydrogen) atoms. The number of nitrogens with one attached hydrogen (secondary N) is 2. The van der Waals surface area contributed by atoms with Crippen LogP contribution in [0.4, 0.5) is 14.6 Å². The minimum absolute atomic E-state index is 0.0246. The number of hydrogen-bond donors (Lipinski definition) is 2. The molecule has 1 aliphatic heterocycles. The van der Waals surface area contributed by atoms with Crippen molar-refractivity contribution in [2.75, 3.05) is 25.0 Å². The Hall–Kier alpha value is -2.48. The van der Waals surface area contributed by atoms with Gasteiger partial charge in [0.05, 0.1) is 5.69 Å². The van der Waals surface area contributed by atoms with E-state index >= 15 is 0 Å². The van der Waals surface area contributed by atoms with E-state index in [1.807, 2.05) is 0 Å². The predicted molar refractivity (Wildman–Crippen MR) is 101 cm³/mol. The number of hydrogen-bond acceptors (Lipinski definition) is 4. The number of nitrogens with zero attached hydrogens (tertiary/aromatic N) is 2. The Morgan fingerprint density at radius 2 is 2.07 bits per heavy atom. The summed E-state index contributed by atoms with van der Waals surface area (Å²) in [6, 6.07) is 8.11. The smallest absolute Gasteiger partial charge is 0.387 e. The highest BCUT2D eigenvalue weighted by Crippen LogP contribution is 2.40. The molecule has 0 unspecified atom stereocenters. The van der Waals surface area contributed by atoms with E-state index in [-0.39, 0.29) is 17.6 Å². The fraction of sp³-hybridized carbons (Fsp3) is 0.500. The number of rotatable bonds is 7. The fourth-order valence-electron chi connectivity index (χ4n) is 3.87. The quantitative estimate of drug-likeness (QED) is 0.756. The number of benzene rings is 1. The van der Waals surface area contributed by atoms with E-state index in [9.17, 15) is 13.6 Å². The fourth-order valence-corrected chi connectivity index (χ4v) is 3.87. The molecular formula is C20H24F2N4O2. The Morgan fingerprint density at radius 3 is 2.86 bits per heavy atom. The number of piperidine rings is 1. The minimum atomic E-state index is -2.91. The number of aromatic amines is 1. The van der Waals surface area contributed by atoms with Gasteiger partial charge in [-0.25, -0.2) is 0 Å². The van der Waals surface area contributed by atoms with Crippen molar-refractivity contribution in [3.8, 4) is 17.0 Å². The van der Waals surface area contributed by atoms with Crippen molar-refractivity contribution in [2.24, 2.45) is 11.8 Å². The number of anilines is 1. The third-order valence-electron chi connectivity index (χ3n) is 5.42. The highest BCUT2D eigenvalue weighted by Gasteiger charge is 2.43. The normalized spacial score (nSPS) is 22.2. The van der Waals surface area contributed by atoms with Gasteiger partial charge in [-0.2, -0.15) is 13.9 Å². The summed E-state index contributed by atoms with van der Waals surface area (Å²) in [5.41, 5.74) is 0.970. The molecule has 1 amide bonds. The average Bonchev–Trinajstić information content (AvgIpc) is 3.30. The van der Waals surface area contributed by atoms with Crippen LogP contribution in [-0.4, -0.2) is 47.3 Å². The van der Waals surface area contributed by atoms with E-state index in [1.54, 1.807) is 24.3 Å². The zero-order chi connectivity index (χ0) is 19.5. The molecular weight excluding hydrogens is 366 g/mol. The van der Waals surface area contributed by atoms with Crippen molar-refractivity contribution < 1.29 is 18.3 Å². The number of para-hydroxylation sites is 1. The first-order valence-corrected chi connectivity index (χ1v) is 9.73. The minimum Gasteiger partial charge on any atom is -0.434 e. The van der Waals surface area contributed by atoms with Gasteiger partial charge in [-0.3, -0.25) is 9.89 Å². The van der Waals surface area contributed by atoms with E-state index in [4.69, 9.17) is 0 Å². The van der Waals surface area contributed by atoms with Crippen LogP contribution in [0.5, 0.6) is 5.75 Å². The monoisotopic (exact) mass is 390 g/mol. The number of H-pyrrole nitrogens is 1. The highest BCUT2D eigenvalue weighted by molar-refractivity contribution is 5.94. The summed E-state index contributed by atoms with van der Waals surface area (Å²) >= 11 is 0. The molecule has 2 aromatic rings. The van der Waals surface area contributed by atoms with Crippen LogP contribution in [0.3, 0.4) is 0 Å². The lowest BCUT2D eigenvalue weighted by Gasteiger charge is -2.26. The first kappa shape index (κ1) is 18.9. The zero-order valence-electron chi connectivity index (χ0n) is 15.5. The zero-order valence-corrected chi connectivity index (χ0v) is 15.5. The first-order chi connectivity index (χ1) is 13.6. The molecule has 0 radical (unpaired) electrons. The maximum absolute atomic E-state index is 12.6. The van der Waals surface area contributed by atoms with E-state index in [0.29, 0.717) is 23.0 Å².